The van der Waals surface area contributed by atoms with E-state index in [4.69, 9.17) is 10.2 Å². The number of carbonyl (C=O) groups is 3. The first kappa shape index (κ1) is 17.9. The van der Waals surface area contributed by atoms with E-state index in [1.54, 1.807) is 12.1 Å². The number of hydrogen-bond donors (Lipinski definition) is 2. The molecule has 2 amide bonds. The molecule has 0 aliphatic carbocycles. The molecule has 3 aromatic rings. The molecule has 0 spiro atoms. The van der Waals surface area contributed by atoms with Gasteiger partial charge in [0, 0.05) is 0 Å². The van der Waals surface area contributed by atoms with Gasteiger partial charge < -0.3 is 20.2 Å². The van der Waals surface area contributed by atoms with Gasteiger partial charge in [0.1, 0.15) is 6.54 Å². The normalized spacial score (nSPS) is 10.6. The van der Waals surface area contributed by atoms with Crippen molar-refractivity contribution in [3.8, 4) is 0 Å². The van der Waals surface area contributed by atoms with Crippen LogP contribution in [0, 0.1) is 0 Å². The highest BCUT2D eigenvalue weighted by molar-refractivity contribution is 6.03. The van der Waals surface area contributed by atoms with E-state index in [2.05, 4.69) is 10.1 Å². The van der Waals surface area contributed by atoms with Crippen LogP contribution < -0.4 is 16.8 Å². The lowest BCUT2D eigenvalue weighted by molar-refractivity contribution is -0.116. The second-order valence-corrected chi connectivity index (χ2v) is 5.59. The van der Waals surface area contributed by atoms with Crippen LogP contribution in [0.4, 0.5) is 5.69 Å². The van der Waals surface area contributed by atoms with Gasteiger partial charge in [0.15, 0.2) is 5.58 Å². The van der Waals surface area contributed by atoms with Gasteiger partial charge in [0.25, 0.3) is 5.91 Å². The van der Waals surface area contributed by atoms with Crippen LogP contribution in [0.25, 0.3) is 11.1 Å². The molecule has 0 atom stereocenters. The number of oxazole rings is 1. The molecule has 0 fully saturated rings. The summed E-state index contributed by atoms with van der Waals surface area (Å²) in [6.07, 6.45) is 0. The maximum absolute atomic E-state index is 12.3. The Bertz CT molecular complexity index is 1110. The fraction of sp³-hybridized carbons (Fsp3) is 0.111. The van der Waals surface area contributed by atoms with Gasteiger partial charge in [-0.05, 0) is 30.3 Å². The van der Waals surface area contributed by atoms with Crippen LogP contribution >= 0.6 is 0 Å². The number of nitrogens with one attached hydrogen (secondary N) is 1. The number of amides is 2. The molecule has 27 heavy (non-hydrogen) atoms. The Balaban J connectivity index is 1.87. The van der Waals surface area contributed by atoms with Crippen molar-refractivity contribution in [2.45, 2.75) is 6.54 Å². The predicted octanol–water partition coefficient (Wildman–Crippen LogP) is 1.12. The summed E-state index contributed by atoms with van der Waals surface area (Å²) in [5.41, 5.74) is 6.37. The molecule has 0 aliphatic heterocycles. The predicted molar refractivity (Wildman–Crippen MR) is 95.4 cm³/mol. The number of methoxy groups -OCH3 is 1. The number of nitrogens with zero attached hydrogens (tertiary/aromatic N) is 1. The summed E-state index contributed by atoms with van der Waals surface area (Å²) in [4.78, 5) is 47.4. The van der Waals surface area contributed by atoms with Crippen molar-refractivity contribution in [1.82, 2.24) is 4.57 Å². The maximum Gasteiger partial charge on any atom is 0.420 e. The Labute approximate surface area is 152 Å². The topological polar surface area (TPSA) is 134 Å². The minimum Gasteiger partial charge on any atom is -0.465 e. The molecule has 0 unspecified atom stereocenters. The summed E-state index contributed by atoms with van der Waals surface area (Å²) in [5.74, 6) is -2.57. The summed E-state index contributed by atoms with van der Waals surface area (Å²) < 4.78 is 10.8. The Hall–Kier alpha value is -3.88. The van der Waals surface area contributed by atoms with Crippen molar-refractivity contribution in [2.75, 3.05) is 12.4 Å². The van der Waals surface area contributed by atoms with Crippen molar-refractivity contribution in [1.29, 1.82) is 0 Å². The van der Waals surface area contributed by atoms with E-state index in [-0.39, 0.29) is 28.9 Å². The van der Waals surface area contributed by atoms with E-state index in [0.29, 0.717) is 5.52 Å². The van der Waals surface area contributed by atoms with E-state index in [0.717, 1.165) is 4.57 Å². The number of fused-ring (bicyclic) bond motifs is 1. The summed E-state index contributed by atoms with van der Waals surface area (Å²) in [5, 5.41) is 2.55. The SMILES string of the molecule is COC(=O)c1ccc2c(c1)oc(=O)n2CC(=O)Nc1ccccc1C(N)=O. The summed E-state index contributed by atoms with van der Waals surface area (Å²) in [6, 6.07) is 10.6. The average Bonchev–Trinajstić information content (AvgIpc) is 2.95. The first-order valence-electron chi connectivity index (χ1n) is 7.81. The van der Waals surface area contributed by atoms with E-state index >= 15 is 0 Å². The Kier molecular flexibility index (Phi) is 4.75. The van der Waals surface area contributed by atoms with Crippen LogP contribution in [0.1, 0.15) is 20.7 Å². The van der Waals surface area contributed by atoms with Crippen LogP contribution in [-0.2, 0) is 16.1 Å². The number of anilines is 1. The van der Waals surface area contributed by atoms with Gasteiger partial charge in [-0.3, -0.25) is 14.2 Å². The molecule has 2 aromatic carbocycles. The lowest BCUT2D eigenvalue weighted by Gasteiger charge is -2.09. The fourth-order valence-corrected chi connectivity index (χ4v) is 2.60. The zero-order valence-electron chi connectivity index (χ0n) is 14.2. The second-order valence-electron chi connectivity index (χ2n) is 5.59. The first-order chi connectivity index (χ1) is 12.9. The molecule has 3 N–H and O–H groups in total. The highest BCUT2D eigenvalue weighted by Gasteiger charge is 2.16. The van der Waals surface area contributed by atoms with Gasteiger partial charge in [0.05, 0.1) is 29.4 Å². The molecule has 0 radical (unpaired) electrons. The molecule has 138 valence electrons. The summed E-state index contributed by atoms with van der Waals surface area (Å²) in [7, 11) is 1.24. The number of carbonyl (C=O) groups excluding carboxylic acids is 3. The number of ether oxygens (including phenoxy) is 1. The highest BCUT2D eigenvalue weighted by atomic mass is 16.5. The molecule has 9 heteroatoms. The average molecular weight is 369 g/mol. The van der Waals surface area contributed by atoms with Gasteiger partial charge >= 0.3 is 11.7 Å². The Morgan fingerprint density at radius 1 is 1.19 bits per heavy atom. The molecule has 0 saturated heterocycles. The molecule has 1 heterocycles. The molecule has 0 bridgehead atoms. The van der Waals surface area contributed by atoms with Gasteiger partial charge in [0.2, 0.25) is 5.91 Å². The third-order valence-electron chi connectivity index (χ3n) is 3.86. The number of esters is 1. The van der Waals surface area contributed by atoms with Gasteiger partial charge in [-0.2, -0.15) is 0 Å². The minimum atomic E-state index is -0.759. The molecule has 9 nitrogen and oxygen atoms in total. The maximum atomic E-state index is 12.3. The number of aromatic nitrogens is 1. The van der Waals surface area contributed by atoms with Crippen LogP contribution in [0.3, 0.4) is 0 Å². The molecule has 0 aliphatic rings. The number of para-hydroxylation sites is 1. The molecule has 0 saturated carbocycles. The van der Waals surface area contributed by atoms with E-state index in [9.17, 15) is 19.2 Å². The lowest BCUT2D eigenvalue weighted by Crippen LogP contribution is -2.26. The number of rotatable bonds is 5. The highest BCUT2D eigenvalue weighted by Crippen LogP contribution is 2.17. The summed E-state index contributed by atoms with van der Waals surface area (Å²) in [6.45, 7) is -0.351. The largest absolute Gasteiger partial charge is 0.465 e. The van der Waals surface area contributed by atoms with Crippen LogP contribution in [0.15, 0.2) is 51.7 Å². The number of hydrogen-bond acceptors (Lipinski definition) is 6. The summed E-state index contributed by atoms with van der Waals surface area (Å²) >= 11 is 0. The van der Waals surface area contributed by atoms with Crippen molar-refractivity contribution in [3.05, 3.63) is 64.1 Å². The van der Waals surface area contributed by atoms with Crippen LogP contribution in [0.2, 0.25) is 0 Å². The van der Waals surface area contributed by atoms with Gasteiger partial charge in [-0.15, -0.1) is 0 Å². The molecule has 3 rings (SSSR count). The third-order valence-corrected chi connectivity index (χ3v) is 3.86. The standard InChI is InChI=1S/C18H15N3O6/c1-26-17(24)10-6-7-13-14(8-10)27-18(25)21(13)9-15(22)20-12-5-3-2-4-11(12)16(19)23/h2-8H,9H2,1H3,(H2,19,23)(H,20,22). The number of benzene rings is 2. The molecular weight excluding hydrogens is 354 g/mol. The Morgan fingerprint density at radius 2 is 1.93 bits per heavy atom. The van der Waals surface area contributed by atoms with Crippen molar-refractivity contribution >= 4 is 34.6 Å². The van der Waals surface area contributed by atoms with E-state index in [1.165, 1.54) is 37.4 Å². The van der Waals surface area contributed by atoms with E-state index < -0.39 is 23.5 Å². The smallest absolute Gasteiger partial charge is 0.420 e. The van der Waals surface area contributed by atoms with Crippen molar-refractivity contribution in [2.24, 2.45) is 5.73 Å². The molecule has 1 aromatic heterocycles. The first-order valence-corrected chi connectivity index (χ1v) is 7.81. The monoisotopic (exact) mass is 369 g/mol. The quantitative estimate of drug-likeness (QED) is 0.647. The van der Waals surface area contributed by atoms with E-state index in [1.807, 2.05) is 0 Å². The van der Waals surface area contributed by atoms with Gasteiger partial charge in [-0.25, -0.2) is 9.59 Å². The van der Waals surface area contributed by atoms with Gasteiger partial charge in [-0.1, -0.05) is 12.1 Å². The second kappa shape index (κ2) is 7.16. The van der Waals surface area contributed by atoms with Crippen molar-refractivity contribution in [3.63, 3.8) is 0 Å². The zero-order valence-corrected chi connectivity index (χ0v) is 14.2. The fourth-order valence-electron chi connectivity index (χ4n) is 2.60. The van der Waals surface area contributed by atoms with Crippen LogP contribution in [-0.4, -0.2) is 29.5 Å². The number of nitrogens with two attached hydrogens (primary N) is 1. The van der Waals surface area contributed by atoms with Crippen molar-refractivity contribution < 1.29 is 23.5 Å². The Morgan fingerprint density at radius 3 is 2.63 bits per heavy atom. The van der Waals surface area contributed by atoms with Crippen LogP contribution in [0.5, 0.6) is 0 Å². The number of primary amides is 1. The lowest BCUT2D eigenvalue weighted by atomic mass is 10.1. The third kappa shape index (κ3) is 3.56. The molecular formula is C18H15N3O6. The zero-order chi connectivity index (χ0) is 19.6. The minimum absolute atomic E-state index is 0.147.